The maximum Gasteiger partial charge on any atom is 0.275 e. The van der Waals surface area contributed by atoms with E-state index in [1.54, 1.807) is 6.20 Å². The van der Waals surface area contributed by atoms with E-state index in [0.29, 0.717) is 5.82 Å². The van der Waals surface area contributed by atoms with Gasteiger partial charge in [0.15, 0.2) is 0 Å². The molecule has 3 rings (SSSR count). The lowest BCUT2D eigenvalue weighted by molar-refractivity contribution is 0.102. The van der Waals surface area contributed by atoms with Crippen LogP contribution in [0.2, 0.25) is 0 Å². The molecule has 0 bridgehead atoms. The first-order chi connectivity index (χ1) is 12.4. The second-order valence-electron chi connectivity index (χ2n) is 6.43. The van der Waals surface area contributed by atoms with E-state index in [4.69, 9.17) is 0 Å². The summed E-state index contributed by atoms with van der Waals surface area (Å²) in [7, 11) is 0. The number of aryl methyl sites for hydroxylation is 3. The van der Waals surface area contributed by atoms with Crippen LogP contribution in [0.3, 0.4) is 0 Å². The van der Waals surface area contributed by atoms with Gasteiger partial charge in [0.2, 0.25) is 0 Å². The van der Waals surface area contributed by atoms with Crippen LogP contribution in [0.1, 0.15) is 32.7 Å². The normalized spacial score (nSPS) is 10.5. The number of anilines is 3. The lowest BCUT2D eigenvalue weighted by Gasteiger charge is -2.11. The highest BCUT2D eigenvalue weighted by atomic mass is 16.1. The molecule has 0 aliphatic carbocycles. The van der Waals surface area contributed by atoms with Crippen LogP contribution >= 0.6 is 0 Å². The van der Waals surface area contributed by atoms with Gasteiger partial charge in [0.05, 0.1) is 12.4 Å². The fraction of sp³-hybridized carbons (Fsp3) is 0.190. The molecule has 26 heavy (non-hydrogen) atoms. The summed E-state index contributed by atoms with van der Waals surface area (Å²) >= 11 is 0. The molecule has 0 atom stereocenters. The number of hydrogen-bond acceptors (Lipinski definition) is 4. The maximum atomic E-state index is 12.4. The van der Waals surface area contributed by atoms with Gasteiger partial charge in [-0.25, -0.2) is 9.97 Å². The van der Waals surface area contributed by atoms with Crippen LogP contribution in [0.5, 0.6) is 0 Å². The van der Waals surface area contributed by atoms with Crippen LogP contribution in [-0.2, 0) is 0 Å². The zero-order valence-electron chi connectivity index (χ0n) is 15.4. The van der Waals surface area contributed by atoms with Crippen molar-refractivity contribution < 1.29 is 4.79 Å². The van der Waals surface area contributed by atoms with Crippen molar-refractivity contribution in [2.24, 2.45) is 0 Å². The summed E-state index contributed by atoms with van der Waals surface area (Å²) in [5, 5.41) is 6.13. The fourth-order valence-corrected chi connectivity index (χ4v) is 2.59. The molecule has 3 aromatic rings. The Kier molecular flexibility index (Phi) is 4.98. The average Bonchev–Trinajstić information content (AvgIpc) is 2.62. The van der Waals surface area contributed by atoms with Crippen molar-refractivity contribution in [3.8, 4) is 0 Å². The van der Waals surface area contributed by atoms with Gasteiger partial charge in [-0.2, -0.15) is 0 Å². The summed E-state index contributed by atoms with van der Waals surface area (Å²) in [6, 6.07) is 12.0. The molecule has 0 saturated carbocycles. The van der Waals surface area contributed by atoms with Crippen molar-refractivity contribution in [1.82, 2.24) is 9.97 Å². The molecule has 0 unspecified atom stereocenters. The van der Waals surface area contributed by atoms with E-state index < -0.39 is 0 Å². The van der Waals surface area contributed by atoms with E-state index >= 15 is 0 Å². The number of nitrogens with zero attached hydrogens (tertiary/aromatic N) is 2. The number of aromatic nitrogens is 2. The Bertz CT molecular complexity index is 949. The zero-order chi connectivity index (χ0) is 18.7. The largest absolute Gasteiger partial charge is 0.339 e. The van der Waals surface area contributed by atoms with Crippen LogP contribution < -0.4 is 10.6 Å². The minimum Gasteiger partial charge on any atom is -0.339 e. The number of rotatable bonds is 4. The number of benzene rings is 2. The van der Waals surface area contributed by atoms with E-state index in [-0.39, 0.29) is 11.6 Å². The molecule has 0 radical (unpaired) electrons. The standard InChI is InChI=1S/C21H22N4O/c1-13-8-9-15(3)18(10-13)25-21(26)19-11-23-20(12-22-19)24-17-7-5-6-14(2)16(17)4/h5-12H,1-4H3,(H,23,24)(H,25,26). The summed E-state index contributed by atoms with van der Waals surface area (Å²) < 4.78 is 0. The maximum absolute atomic E-state index is 12.4. The summed E-state index contributed by atoms with van der Waals surface area (Å²) in [5.74, 6) is 0.325. The Balaban J connectivity index is 1.73. The Morgan fingerprint density at radius 2 is 1.69 bits per heavy atom. The molecule has 0 spiro atoms. The highest BCUT2D eigenvalue weighted by molar-refractivity contribution is 6.03. The van der Waals surface area contributed by atoms with E-state index in [1.165, 1.54) is 11.8 Å². The summed E-state index contributed by atoms with van der Waals surface area (Å²) in [4.78, 5) is 21.0. The van der Waals surface area contributed by atoms with Crippen LogP contribution in [0.25, 0.3) is 0 Å². The molecule has 132 valence electrons. The van der Waals surface area contributed by atoms with Gasteiger partial charge in [0.25, 0.3) is 5.91 Å². The number of carbonyl (C=O) groups is 1. The second kappa shape index (κ2) is 7.35. The molecule has 1 amide bonds. The Hall–Kier alpha value is -3.21. The van der Waals surface area contributed by atoms with Gasteiger partial charge in [-0.15, -0.1) is 0 Å². The lowest BCUT2D eigenvalue weighted by Crippen LogP contribution is -2.15. The molecule has 0 fully saturated rings. The quantitative estimate of drug-likeness (QED) is 0.718. The molecule has 5 nitrogen and oxygen atoms in total. The molecular formula is C21H22N4O. The van der Waals surface area contributed by atoms with Gasteiger partial charge < -0.3 is 10.6 Å². The van der Waals surface area contributed by atoms with E-state index in [2.05, 4.69) is 40.5 Å². The van der Waals surface area contributed by atoms with Crippen LogP contribution in [0.4, 0.5) is 17.2 Å². The molecule has 0 saturated heterocycles. The molecular weight excluding hydrogens is 324 g/mol. The SMILES string of the molecule is Cc1ccc(C)c(NC(=O)c2cnc(Nc3cccc(C)c3C)cn2)c1. The van der Waals surface area contributed by atoms with Crippen LogP contribution in [0, 0.1) is 27.7 Å². The van der Waals surface area contributed by atoms with Gasteiger partial charge in [0, 0.05) is 11.4 Å². The van der Waals surface area contributed by atoms with Crippen molar-refractivity contribution in [2.75, 3.05) is 10.6 Å². The number of hydrogen-bond donors (Lipinski definition) is 2. The van der Waals surface area contributed by atoms with E-state index in [9.17, 15) is 4.79 Å². The topological polar surface area (TPSA) is 66.9 Å². The van der Waals surface area contributed by atoms with E-state index in [0.717, 1.165) is 28.1 Å². The van der Waals surface area contributed by atoms with Crippen molar-refractivity contribution in [3.63, 3.8) is 0 Å². The second-order valence-corrected chi connectivity index (χ2v) is 6.43. The summed E-state index contributed by atoms with van der Waals surface area (Å²) in [6.07, 6.45) is 3.05. The Morgan fingerprint density at radius 1 is 0.885 bits per heavy atom. The molecule has 0 aliphatic heterocycles. The van der Waals surface area contributed by atoms with Crippen LogP contribution in [-0.4, -0.2) is 15.9 Å². The zero-order valence-corrected chi connectivity index (χ0v) is 15.4. The smallest absolute Gasteiger partial charge is 0.275 e. The molecule has 1 aromatic heterocycles. The highest BCUT2D eigenvalue weighted by Gasteiger charge is 2.10. The molecule has 2 N–H and O–H groups in total. The van der Waals surface area contributed by atoms with Crippen molar-refractivity contribution >= 4 is 23.1 Å². The fourth-order valence-electron chi connectivity index (χ4n) is 2.59. The van der Waals surface area contributed by atoms with Crippen molar-refractivity contribution in [2.45, 2.75) is 27.7 Å². The summed E-state index contributed by atoms with van der Waals surface area (Å²) in [6.45, 7) is 8.06. The summed E-state index contributed by atoms with van der Waals surface area (Å²) in [5.41, 5.74) is 6.49. The third-order valence-electron chi connectivity index (χ3n) is 4.39. The van der Waals surface area contributed by atoms with Gasteiger partial charge in [0.1, 0.15) is 11.5 Å². The molecule has 2 aromatic carbocycles. The highest BCUT2D eigenvalue weighted by Crippen LogP contribution is 2.21. The van der Waals surface area contributed by atoms with Gasteiger partial charge in [-0.05, 0) is 62.1 Å². The number of amides is 1. The monoisotopic (exact) mass is 346 g/mol. The van der Waals surface area contributed by atoms with Crippen molar-refractivity contribution in [1.29, 1.82) is 0 Å². The van der Waals surface area contributed by atoms with E-state index in [1.807, 2.05) is 44.2 Å². The Morgan fingerprint density at radius 3 is 2.42 bits per heavy atom. The first kappa shape index (κ1) is 17.6. The minimum absolute atomic E-state index is 0.274. The minimum atomic E-state index is -0.274. The van der Waals surface area contributed by atoms with Crippen LogP contribution in [0.15, 0.2) is 48.8 Å². The lowest BCUT2D eigenvalue weighted by atomic mass is 10.1. The van der Waals surface area contributed by atoms with Gasteiger partial charge in [-0.1, -0.05) is 24.3 Å². The third-order valence-corrected chi connectivity index (χ3v) is 4.39. The molecule has 5 heteroatoms. The molecule has 0 aliphatic rings. The first-order valence-corrected chi connectivity index (χ1v) is 8.48. The predicted octanol–water partition coefficient (Wildman–Crippen LogP) is 4.71. The first-order valence-electron chi connectivity index (χ1n) is 8.48. The Labute approximate surface area is 153 Å². The van der Waals surface area contributed by atoms with Crippen molar-refractivity contribution in [3.05, 3.63) is 76.7 Å². The average molecular weight is 346 g/mol. The third kappa shape index (κ3) is 3.88. The number of nitrogens with one attached hydrogen (secondary N) is 2. The predicted molar refractivity (Wildman–Crippen MR) is 105 cm³/mol. The molecule has 1 heterocycles. The number of carbonyl (C=O) groups excluding carboxylic acids is 1. The van der Waals surface area contributed by atoms with Gasteiger partial charge >= 0.3 is 0 Å². The van der Waals surface area contributed by atoms with Gasteiger partial charge in [-0.3, -0.25) is 4.79 Å².